The van der Waals surface area contributed by atoms with Gasteiger partial charge in [-0.1, -0.05) is 6.07 Å². The van der Waals surface area contributed by atoms with E-state index in [4.69, 9.17) is 9.47 Å². The Balaban J connectivity index is 1.49. The standard InChI is InChI=1S/C20H23N3O3/c1-13(19-12-21-5-7-26-19)23-20(24)17-9-16(10-22-11-17)14-2-3-18-15(8-14)4-6-25-18/h2-3,8-11,13,19,21H,4-7,12H2,1H3,(H,23,24). The minimum atomic E-state index is -0.134. The number of carbonyl (C=O) groups is 1. The lowest BCUT2D eigenvalue weighted by Crippen LogP contribution is -2.50. The van der Waals surface area contributed by atoms with Gasteiger partial charge in [-0.25, -0.2) is 0 Å². The molecule has 2 aliphatic rings. The van der Waals surface area contributed by atoms with E-state index in [0.29, 0.717) is 12.2 Å². The zero-order chi connectivity index (χ0) is 17.9. The van der Waals surface area contributed by atoms with Crippen LogP contribution in [0.2, 0.25) is 0 Å². The molecule has 0 aliphatic carbocycles. The Morgan fingerprint density at radius 1 is 1.27 bits per heavy atom. The predicted molar refractivity (Wildman–Crippen MR) is 98.4 cm³/mol. The van der Waals surface area contributed by atoms with Crippen LogP contribution in [0.4, 0.5) is 0 Å². The highest BCUT2D eigenvalue weighted by atomic mass is 16.5. The monoisotopic (exact) mass is 353 g/mol. The summed E-state index contributed by atoms with van der Waals surface area (Å²) in [5.41, 5.74) is 3.72. The van der Waals surface area contributed by atoms with Gasteiger partial charge in [-0.15, -0.1) is 0 Å². The number of nitrogens with one attached hydrogen (secondary N) is 2. The van der Waals surface area contributed by atoms with E-state index in [0.717, 1.165) is 43.0 Å². The van der Waals surface area contributed by atoms with E-state index in [1.807, 2.05) is 25.1 Å². The van der Waals surface area contributed by atoms with Crippen LogP contribution in [0.3, 0.4) is 0 Å². The number of aromatic nitrogens is 1. The van der Waals surface area contributed by atoms with Crippen LogP contribution in [0.15, 0.2) is 36.7 Å². The maximum Gasteiger partial charge on any atom is 0.253 e. The minimum absolute atomic E-state index is 0.0134. The fourth-order valence-corrected chi connectivity index (χ4v) is 3.38. The summed E-state index contributed by atoms with van der Waals surface area (Å²) in [5, 5.41) is 6.30. The van der Waals surface area contributed by atoms with Gasteiger partial charge in [-0.05, 0) is 36.2 Å². The third-order valence-electron chi connectivity index (χ3n) is 4.90. The number of ether oxygens (including phenoxy) is 2. The molecular weight excluding hydrogens is 330 g/mol. The van der Waals surface area contributed by atoms with Crippen molar-refractivity contribution in [1.82, 2.24) is 15.6 Å². The van der Waals surface area contributed by atoms with E-state index >= 15 is 0 Å². The van der Waals surface area contributed by atoms with Crippen LogP contribution in [0.1, 0.15) is 22.8 Å². The van der Waals surface area contributed by atoms with Gasteiger partial charge in [0.2, 0.25) is 0 Å². The Labute approximate surface area is 152 Å². The summed E-state index contributed by atoms with van der Waals surface area (Å²) in [6.07, 6.45) is 4.29. The highest BCUT2D eigenvalue weighted by Crippen LogP contribution is 2.30. The van der Waals surface area contributed by atoms with Crippen molar-refractivity contribution in [3.05, 3.63) is 47.8 Å². The van der Waals surface area contributed by atoms with E-state index in [1.165, 1.54) is 5.56 Å². The average molecular weight is 353 g/mol. The van der Waals surface area contributed by atoms with Crippen LogP contribution in [-0.2, 0) is 11.2 Å². The fraction of sp³-hybridized carbons (Fsp3) is 0.400. The number of hydrogen-bond donors (Lipinski definition) is 2. The number of carbonyl (C=O) groups excluding carboxylic acids is 1. The first-order valence-electron chi connectivity index (χ1n) is 9.05. The molecule has 2 atom stereocenters. The molecule has 2 aliphatic heterocycles. The summed E-state index contributed by atoms with van der Waals surface area (Å²) in [6.45, 7) is 4.97. The second kappa shape index (κ2) is 7.43. The van der Waals surface area contributed by atoms with Crippen LogP contribution < -0.4 is 15.4 Å². The first-order chi connectivity index (χ1) is 12.7. The normalized spacial score (nSPS) is 20.1. The van der Waals surface area contributed by atoms with Crippen LogP contribution >= 0.6 is 0 Å². The summed E-state index contributed by atoms with van der Waals surface area (Å²) in [5.74, 6) is 0.816. The molecule has 0 radical (unpaired) electrons. The molecule has 136 valence electrons. The first-order valence-corrected chi connectivity index (χ1v) is 9.05. The quantitative estimate of drug-likeness (QED) is 0.877. The van der Waals surface area contributed by atoms with Crippen molar-refractivity contribution < 1.29 is 14.3 Å². The number of hydrogen-bond acceptors (Lipinski definition) is 5. The molecule has 0 bridgehead atoms. The number of morpholine rings is 1. The Bertz CT molecular complexity index is 803. The number of pyridine rings is 1. The van der Waals surface area contributed by atoms with Crippen molar-refractivity contribution in [2.45, 2.75) is 25.5 Å². The van der Waals surface area contributed by atoms with E-state index in [2.05, 4.69) is 21.7 Å². The molecule has 1 fully saturated rings. The molecule has 26 heavy (non-hydrogen) atoms. The molecule has 2 N–H and O–H groups in total. The van der Waals surface area contributed by atoms with Gasteiger partial charge in [0, 0.05) is 37.5 Å². The Morgan fingerprint density at radius 2 is 2.19 bits per heavy atom. The van der Waals surface area contributed by atoms with Crippen molar-refractivity contribution in [1.29, 1.82) is 0 Å². The number of amides is 1. The van der Waals surface area contributed by atoms with Gasteiger partial charge in [0.1, 0.15) is 5.75 Å². The van der Waals surface area contributed by atoms with Gasteiger partial charge in [0.25, 0.3) is 5.91 Å². The maximum atomic E-state index is 12.6. The molecule has 0 saturated carbocycles. The molecule has 0 spiro atoms. The fourth-order valence-electron chi connectivity index (χ4n) is 3.38. The SMILES string of the molecule is CC(NC(=O)c1cncc(-c2ccc3c(c2)CCO3)c1)C1CNCCO1. The maximum absolute atomic E-state index is 12.6. The van der Waals surface area contributed by atoms with E-state index in [-0.39, 0.29) is 18.1 Å². The third kappa shape index (κ3) is 3.57. The molecule has 1 aromatic carbocycles. The number of rotatable bonds is 4. The molecule has 2 aromatic rings. The average Bonchev–Trinajstić information content (AvgIpc) is 3.16. The number of fused-ring (bicyclic) bond motifs is 1. The molecule has 3 heterocycles. The molecule has 6 heteroatoms. The molecule has 4 rings (SSSR count). The Hall–Kier alpha value is -2.44. The molecule has 1 amide bonds. The van der Waals surface area contributed by atoms with Crippen molar-refractivity contribution in [2.24, 2.45) is 0 Å². The number of benzene rings is 1. The largest absolute Gasteiger partial charge is 0.493 e. The summed E-state index contributed by atoms with van der Waals surface area (Å²) < 4.78 is 11.3. The van der Waals surface area contributed by atoms with Gasteiger partial charge in [-0.3, -0.25) is 9.78 Å². The molecule has 2 unspecified atom stereocenters. The van der Waals surface area contributed by atoms with Crippen molar-refractivity contribution in [3.63, 3.8) is 0 Å². The highest BCUT2D eigenvalue weighted by molar-refractivity contribution is 5.95. The topological polar surface area (TPSA) is 72.5 Å². The van der Waals surface area contributed by atoms with Crippen molar-refractivity contribution in [3.8, 4) is 16.9 Å². The second-order valence-corrected chi connectivity index (χ2v) is 6.76. The number of nitrogens with zero attached hydrogens (tertiary/aromatic N) is 1. The van der Waals surface area contributed by atoms with Crippen LogP contribution in [0.25, 0.3) is 11.1 Å². The van der Waals surface area contributed by atoms with Gasteiger partial charge in [0.05, 0.1) is 30.9 Å². The minimum Gasteiger partial charge on any atom is -0.493 e. The van der Waals surface area contributed by atoms with Crippen molar-refractivity contribution in [2.75, 3.05) is 26.3 Å². The highest BCUT2D eigenvalue weighted by Gasteiger charge is 2.23. The molecule has 1 aromatic heterocycles. The zero-order valence-electron chi connectivity index (χ0n) is 14.8. The van der Waals surface area contributed by atoms with Crippen LogP contribution in [0.5, 0.6) is 5.75 Å². The first kappa shape index (κ1) is 17.0. The van der Waals surface area contributed by atoms with Gasteiger partial charge in [0.15, 0.2) is 0 Å². The van der Waals surface area contributed by atoms with Crippen LogP contribution in [-0.4, -0.2) is 49.3 Å². The van der Waals surface area contributed by atoms with E-state index in [1.54, 1.807) is 12.4 Å². The zero-order valence-corrected chi connectivity index (χ0v) is 14.8. The van der Waals surface area contributed by atoms with Gasteiger partial charge >= 0.3 is 0 Å². The van der Waals surface area contributed by atoms with Crippen LogP contribution in [0, 0.1) is 0 Å². The molecule has 1 saturated heterocycles. The lowest BCUT2D eigenvalue weighted by Gasteiger charge is -2.29. The molecular formula is C20H23N3O3. The lowest BCUT2D eigenvalue weighted by molar-refractivity contribution is 0.00859. The van der Waals surface area contributed by atoms with Gasteiger partial charge < -0.3 is 20.1 Å². The van der Waals surface area contributed by atoms with E-state index < -0.39 is 0 Å². The molecule has 6 nitrogen and oxygen atoms in total. The summed E-state index contributed by atoms with van der Waals surface area (Å²) >= 11 is 0. The van der Waals surface area contributed by atoms with E-state index in [9.17, 15) is 4.79 Å². The Morgan fingerprint density at radius 3 is 3.04 bits per heavy atom. The summed E-state index contributed by atoms with van der Waals surface area (Å²) in [7, 11) is 0. The summed E-state index contributed by atoms with van der Waals surface area (Å²) in [4.78, 5) is 16.9. The summed E-state index contributed by atoms with van der Waals surface area (Å²) in [6, 6.07) is 7.92. The smallest absolute Gasteiger partial charge is 0.253 e. The lowest BCUT2D eigenvalue weighted by atomic mass is 10.0. The van der Waals surface area contributed by atoms with Gasteiger partial charge in [-0.2, -0.15) is 0 Å². The Kier molecular flexibility index (Phi) is 4.86. The third-order valence-corrected chi connectivity index (χ3v) is 4.90. The predicted octanol–water partition coefficient (Wildman–Crippen LogP) is 1.79. The van der Waals surface area contributed by atoms with Crippen molar-refractivity contribution >= 4 is 5.91 Å². The second-order valence-electron chi connectivity index (χ2n) is 6.76.